The number of rotatable bonds is 6. The van der Waals surface area contributed by atoms with Gasteiger partial charge < -0.3 is 10.1 Å². The van der Waals surface area contributed by atoms with E-state index in [4.69, 9.17) is 4.74 Å². The Morgan fingerprint density at radius 3 is 2.71 bits per heavy atom. The number of sulfonamides is 1. The lowest BCUT2D eigenvalue weighted by Crippen LogP contribution is -2.46. The van der Waals surface area contributed by atoms with E-state index in [0.29, 0.717) is 37.6 Å². The number of aromatic nitrogens is 2. The zero-order chi connectivity index (χ0) is 15.7. The van der Waals surface area contributed by atoms with Crippen molar-refractivity contribution in [2.45, 2.75) is 44.2 Å². The van der Waals surface area contributed by atoms with Gasteiger partial charge in [-0.25, -0.2) is 13.1 Å². The van der Waals surface area contributed by atoms with Crippen molar-refractivity contribution in [3.05, 3.63) is 11.4 Å². The molecule has 1 aromatic rings. The van der Waals surface area contributed by atoms with Gasteiger partial charge in [0.2, 0.25) is 10.0 Å². The minimum Gasteiger partial charge on any atom is -0.379 e. The minimum absolute atomic E-state index is 0.284. The predicted octanol–water partition coefficient (Wildman–Crippen LogP) is 0.177. The van der Waals surface area contributed by atoms with Crippen molar-refractivity contribution >= 4 is 10.0 Å². The van der Waals surface area contributed by atoms with Gasteiger partial charge in [-0.3, -0.25) is 4.68 Å². The Labute approximate surface area is 126 Å². The Balaban J connectivity index is 2.29. The Morgan fingerprint density at radius 2 is 2.14 bits per heavy atom. The van der Waals surface area contributed by atoms with Crippen LogP contribution in [-0.2, 0) is 21.3 Å². The lowest BCUT2D eigenvalue weighted by atomic mass is 10.0. The molecule has 7 nitrogen and oxygen atoms in total. The number of nitrogens with one attached hydrogen (secondary N) is 2. The second-order valence-corrected chi connectivity index (χ2v) is 7.41. The average molecular weight is 316 g/mol. The van der Waals surface area contributed by atoms with Gasteiger partial charge in [-0.15, -0.1) is 0 Å². The summed E-state index contributed by atoms with van der Waals surface area (Å²) in [5.74, 6) is 0. The summed E-state index contributed by atoms with van der Waals surface area (Å²) in [6.07, 6.45) is 0.679. The summed E-state index contributed by atoms with van der Waals surface area (Å²) < 4.78 is 35.2. The summed E-state index contributed by atoms with van der Waals surface area (Å²) in [7, 11) is -1.75. The number of hydrogen-bond donors (Lipinski definition) is 2. The van der Waals surface area contributed by atoms with Crippen molar-refractivity contribution in [1.29, 1.82) is 0 Å². The number of aryl methyl sites for hydroxylation is 1. The standard InChI is InChI=1S/C13H24N4O3S/c1-10-12(11(2)17(15-10)7-6-14-4)21(18,19)16-13(3)5-8-20-9-13/h14,16H,5-9H2,1-4H3. The van der Waals surface area contributed by atoms with Crippen molar-refractivity contribution in [2.24, 2.45) is 0 Å². The van der Waals surface area contributed by atoms with E-state index >= 15 is 0 Å². The molecule has 2 N–H and O–H groups in total. The largest absolute Gasteiger partial charge is 0.379 e. The van der Waals surface area contributed by atoms with Crippen molar-refractivity contribution in [3.8, 4) is 0 Å². The maximum absolute atomic E-state index is 12.7. The number of ether oxygens (including phenoxy) is 1. The SMILES string of the molecule is CNCCn1nc(C)c(S(=O)(=O)NC2(C)CCOC2)c1C. The third-order valence-corrected chi connectivity index (χ3v) is 5.65. The highest BCUT2D eigenvalue weighted by Crippen LogP contribution is 2.24. The quantitative estimate of drug-likeness (QED) is 0.782. The van der Waals surface area contributed by atoms with Crippen LogP contribution >= 0.6 is 0 Å². The van der Waals surface area contributed by atoms with Gasteiger partial charge in [-0.1, -0.05) is 0 Å². The molecule has 2 heterocycles. The van der Waals surface area contributed by atoms with Crippen LogP contribution in [0.3, 0.4) is 0 Å². The molecule has 1 saturated heterocycles. The molecular weight excluding hydrogens is 292 g/mol. The Kier molecular flexibility index (Phi) is 4.72. The molecule has 0 bridgehead atoms. The topological polar surface area (TPSA) is 85.2 Å². The van der Waals surface area contributed by atoms with E-state index in [1.165, 1.54) is 0 Å². The van der Waals surface area contributed by atoms with E-state index in [0.717, 1.165) is 6.54 Å². The van der Waals surface area contributed by atoms with Crippen molar-refractivity contribution in [2.75, 3.05) is 26.8 Å². The zero-order valence-corrected chi connectivity index (χ0v) is 13.9. The smallest absolute Gasteiger partial charge is 0.244 e. The maximum atomic E-state index is 12.7. The number of nitrogens with zero attached hydrogens (tertiary/aromatic N) is 2. The van der Waals surface area contributed by atoms with Crippen LogP contribution < -0.4 is 10.0 Å². The second kappa shape index (κ2) is 6.04. The van der Waals surface area contributed by atoms with E-state index in [1.54, 1.807) is 18.5 Å². The highest BCUT2D eigenvalue weighted by molar-refractivity contribution is 7.89. The highest BCUT2D eigenvalue weighted by Gasteiger charge is 2.36. The third-order valence-electron chi connectivity index (χ3n) is 3.76. The first kappa shape index (κ1) is 16.4. The maximum Gasteiger partial charge on any atom is 0.244 e. The van der Waals surface area contributed by atoms with Crippen molar-refractivity contribution < 1.29 is 13.2 Å². The van der Waals surface area contributed by atoms with Crippen LogP contribution in [-0.4, -0.2) is 50.5 Å². The number of likely N-dealkylation sites (N-methyl/N-ethyl adjacent to an activating group) is 1. The Bertz CT molecular complexity index is 603. The fraction of sp³-hybridized carbons (Fsp3) is 0.769. The summed E-state index contributed by atoms with van der Waals surface area (Å²) in [6.45, 7) is 7.74. The highest BCUT2D eigenvalue weighted by atomic mass is 32.2. The van der Waals surface area contributed by atoms with Crippen LogP contribution in [0.4, 0.5) is 0 Å². The van der Waals surface area contributed by atoms with E-state index in [2.05, 4.69) is 15.1 Å². The lowest BCUT2D eigenvalue weighted by Gasteiger charge is -2.23. The molecule has 1 atom stereocenters. The van der Waals surface area contributed by atoms with Crippen LogP contribution in [0.5, 0.6) is 0 Å². The molecule has 0 radical (unpaired) electrons. The van der Waals surface area contributed by atoms with E-state index < -0.39 is 15.6 Å². The molecule has 0 amide bonds. The summed E-state index contributed by atoms with van der Waals surface area (Å²) in [5, 5.41) is 7.37. The Morgan fingerprint density at radius 1 is 1.43 bits per heavy atom. The summed E-state index contributed by atoms with van der Waals surface area (Å²) >= 11 is 0. The first-order valence-electron chi connectivity index (χ1n) is 7.09. The van der Waals surface area contributed by atoms with Crippen molar-refractivity contribution in [3.63, 3.8) is 0 Å². The first-order valence-corrected chi connectivity index (χ1v) is 8.58. The fourth-order valence-corrected chi connectivity index (χ4v) is 4.46. The molecule has 1 fully saturated rings. The minimum atomic E-state index is -3.60. The van der Waals surface area contributed by atoms with E-state index in [-0.39, 0.29) is 4.90 Å². The molecule has 1 aromatic heterocycles. The second-order valence-electron chi connectivity index (χ2n) is 5.80. The fourth-order valence-electron chi connectivity index (χ4n) is 2.63. The average Bonchev–Trinajstić information content (AvgIpc) is 2.90. The van der Waals surface area contributed by atoms with Crippen LogP contribution in [0.15, 0.2) is 4.90 Å². The van der Waals surface area contributed by atoms with Crippen LogP contribution in [0.2, 0.25) is 0 Å². The normalized spacial score (nSPS) is 22.9. The van der Waals surface area contributed by atoms with Gasteiger partial charge in [0.1, 0.15) is 4.90 Å². The molecule has 1 unspecified atom stereocenters. The van der Waals surface area contributed by atoms with Gasteiger partial charge >= 0.3 is 0 Å². The van der Waals surface area contributed by atoms with Gasteiger partial charge in [0, 0.05) is 13.2 Å². The Hall–Kier alpha value is -0.960. The first-order chi connectivity index (χ1) is 9.79. The zero-order valence-electron chi connectivity index (χ0n) is 13.1. The van der Waals surface area contributed by atoms with Crippen LogP contribution in [0.25, 0.3) is 0 Å². The molecule has 0 saturated carbocycles. The van der Waals surface area contributed by atoms with Crippen LogP contribution in [0, 0.1) is 13.8 Å². The summed E-state index contributed by atoms with van der Waals surface area (Å²) in [5.41, 5.74) is 0.654. The van der Waals surface area contributed by atoms with Gasteiger partial charge in [-0.05, 0) is 34.2 Å². The number of hydrogen-bond acceptors (Lipinski definition) is 5. The molecule has 0 aromatic carbocycles. The molecule has 120 valence electrons. The van der Waals surface area contributed by atoms with Crippen LogP contribution in [0.1, 0.15) is 24.7 Å². The third kappa shape index (κ3) is 3.45. The molecule has 8 heteroatoms. The van der Waals surface area contributed by atoms with Gasteiger partial charge in [0.05, 0.1) is 30.1 Å². The molecule has 21 heavy (non-hydrogen) atoms. The molecule has 1 aliphatic heterocycles. The molecule has 2 rings (SSSR count). The molecular formula is C13H24N4O3S. The molecule has 0 aliphatic carbocycles. The van der Waals surface area contributed by atoms with Gasteiger partial charge in [0.25, 0.3) is 0 Å². The lowest BCUT2D eigenvalue weighted by molar-refractivity contribution is 0.178. The summed E-state index contributed by atoms with van der Waals surface area (Å²) in [4.78, 5) is 0.284. The molecule has 0 spiro atoms. The molecule has 1 aliphatic rings. The van der Waals surface area contributed by atoms with Gasteiger partial charge in [0.15, 0.2) is 0 Å². The monoisotopic (exact) mass is 316 g/mol. The predicted molar refractivity (Wildman–Crippen MR) is 79.8 cm³/mol. The van der Waals surface area contributed by atoms with Gasteiger partial charge in [-0.2, -0.15) is 5.10 Å². The summed E-state index contributed by atoms with van der Waals surface area (Å²) in [6, 6.07) is 0. The van der Waals surface area contributed by atoms with Crippen molar-refractivity contribution in [1.82, 2.24) is 19.8 Å². The van der Waals surface area contributed by atoms with E-state index in [1.807, 2.05) is 14.0 Å². The van der Waals surface area contributed by atoms with E-state index in [9.17, 15) is 8.42 Å².